The van der Waals surface area contributed by atoms with Crippen LogP contribution >= 0.6 is 0 Å². The molecule has 0 aliphatic rings. The summed E-state index contributed by atoms with van der Waals surface area (Å²) in [5.74, 6) is -1.06. The Morgan fingerprint density at radius 1 is 1.29 bits per heavy atom. The van der Waals surface area contributed by atoms with E-state index in [4.69, 9.17) is 19.7 Å². The van der Waals surface area contributed by atoms with Crippen molar-refractivity contribution in [3.63, 3.8) is 0 Å². The summed E-state index contributed by atoms with van der Waals surface area (Å²) in [6.45, 7) is -0.117. The molecule has 17 heavy (non-hydrogen) atoms. The highest BCUT2D eigenvalue weighted by molar-refractivity contribution is 5.68. The van der Waals surface area contributed by atoms with Crippen molar-refractivity contribution >= 4 is 5.97 Å². The van der Waals surface area contributed by atoms with Crippen LogP contribution in [-0.2, 0) is 20.9 Å². The van der Waals surface area contributed by atoms with E-state index in [-0.39, 0.29) is 13.2 Å². The fourth-order valence-corrected chi connectivity index (χ4v) is 1.23. The number of hydrogen-bond donors (Lipinski definition) is 2. The van der Waals surface area contributed by atoms with Gasteiger partial charge in [-0.15, -0.1) is 0 Å². The van der Waals surface area contributed by atoms with Crippen LogP contribution in [0.25, 0.3) is 0 Å². The van der Waals surface area contributed by atoms with Crippen LogP contribution in [0.3, 0.4) is 0 Å². The third-order valence-corrected chi connectivity index (χ3v) is 2.06. The number of aliphatic hydroxyl groups excluding tert-OH is 1. The van der Waals surface area contributed by atoms with Gasteiger partial charge in [-0.3, -0.25) is 0 Å². The Labute approximate surface area is 99.6 Å². The normalized spacial score (nSPS) is 12.3. The number of carboxylic acids is 1. The first-order valence-corrected chi connectivity index (χ1v) is 5.28. The maximum Gasteiger partial charge on any atom is 0.329 e. The zero-order valence-electron chi connectivity index (χ0n) is 9.41. The molecule has 0 amide bonds. The van der Waals surface area contributed by atoms with Gasteiger partial charge >= 0.3 is 5.97 Å². The summed E-state index contributed by atoms with van der Waals surface area (Å²) in [6, 6.07) is 9.57. The molecule has 0 aromatic heterocycles. The van der Waals surface area contributed by atoms with Crippen molar-refractivity contribution in [1.82, 2.24) is 0 Å². The van der Waals surface area contributed by atoms with Gasteiger partial charge in [0, 0.05) is 0 Å². The number of carbonyl (C=O) groups is 1. The van der Waals surface area contributed by atoms with Crippen LogP contribution in [0.4, 0.5) is 0 Å². The Bertz CT molecular complexity index is 325. The van der Waals surface area contributed by atoms with Crippen LogP contribution in [0.15, 0.2) is 30.3 Å². The lowest BCUT2D eigenvalue weighted by Crippen LogP contribution is -2.26. The lowest BCUT2D eigenvalue weighted by Gasteiger charge is -2.14. The van der Waals surface area contributed by atoms with E-state index in [2.05, 4.69) is 0 Å². The minimum atomic E-state index is -1.06. The Balaban J connectivity index is 2.21. The van der Waals surface area contributed by atoms with E-state index in [1.165, 1.54) is 0 Å². The van der Waals surface area contributed by atoms with Gasteiger partial charge in [-0.25, -0.2) is 4.79 Å². The number of hydrogen-bond acceptors (Lipinski definition) is 4. The molecule has 0 aliphatic carbocycles. The predicted octanol–water partition coefficient (Wildman–Crippen LogP) is 0.665. The van der Waals surface area contributed by atoms with Crippen LogP contribution < -0.4 is 0 Å². The number of aliphatic carboxylic acids is 1. The first-order valence-electron chi connectivity index (χ1n) is 5.28. The summed E-state index contributed by atoms with van der Waals surface area (Å²) in [6.07, 6.45) is -0.602. The molecule has 5 heteroatoms. The van der Waals surface area contributed by atoms with Gasteiger partial charge in [-0.2, -0.15) is 0 Å². The van der Waals surface area contributed by atoms with Crippen LogP contribution in [0.5, 0.6) is 0 Å². The highest BCUT2D eigenvalue weighted by atomic mass is 16.5. The molecule has 0 radical (unpaired) electrons. The number of benzene rings is 1. The molecule has 0 bridgehead atoms. The summed E-state index contributed by atoms with van der Waals surface area (Å²) in [7, 11) is 0. The molecule has 1 aromatic rings. The highest BCUT2D eigenvalue weighted by Gasteiger charge is 2.10. The highest BCUT2D eigenvalue weighted by Crippen LogP contribution is 2.02. The summed E-state index contributed by atoms with van der Waals surface area (Å²) >= 11 is 0. The van der Waals surface area contributed by atoms with Crippen LogP contribution in [0.1, 0.15) is 5.56 Å². The topological polar surface area (TPSA) is 76.0 Å². The second kappa shape index (κ2) is 7.78. The molecule has 5 nitrogen and oxygen atoms in total. The van der Waals surface area contributed by atoms with Crippen molar-refractivity contribution in [3.05, 3.63) is 35.9 Å². The zero-order chi connectivity index (χ0) is 12.5. The van der Waals surface area contributed by atoms with E-state index in [9.17, 15) is 4.79 Å². The summed E-state index contributed by atoms with van der Waals surface area (Å²) < 4.78 is 10.2. The Morgan fingerprint density at radius 3 is 2.59 bits per heavy atom. The van der Waals surface area contributed by atoms with E-state index < -0.39 is 18.7 Å². The SMILES string of the molecule is O=C(O)COC(CO)COCc1ccccc1. The minimum absolute atomic E-state index is 0.165. The maximum absolute atomic E-state index is 10.3. The van der Waals surface area contributed by atoms with Gasteiger partial charge in [0.05, 0.1) is 19.8 Å². The van der Waals surface area contributed by atoms with Crippen molar-refractivity contribution in [2.24, 2.45) is 0 Å². The fraction of sp³-hybridized carbons (Fsp3) is 0.417. The monoisotopic (exact) mass is 240 g/mol. The molecule has 1 rings (SSSR count). The van der Waals surface area contributed by atoms with Crippen molar-refractivity contribution in [2.75, 3.05) is 19.8 Å². The second-order valence-electron chi connectivity index (χ2n) is 3.51. The molecule has 1 aromatic carbocycles. The fourth-order valence-electron chi connectivity index (χ4n) is 1.23. The average molecular weight is 240 g/mol. The first kappa shape index (κ1) is 13.6. The summed E-state index contributed by atoms with van der Waals surface area (Å²) in [4.78, 5) is 10.3. The zero-order valence-corrected chi connectivity index (χ0v) is 9.41. The standard InChI is InChI=1S/C12H16O5/c13-6-11(17-9-12(14)15)8-16-7-10-4-2-1-3-5-10/h1-5,11,13H,6-9H2,(H,14,15). The molecule has 0 aliphatic heterocycles. The van der Waals surface area contributed by atoms with Gasteiger partial charge < -0.3 is 19.7 Å². The van der Waals surface area contributed by atoms with Crippen LogP contribution in [-0.4, -0.2) is 42.1 Å². The van der Waals surface area contributed by atoms with Gasteiger partial charge in [-0.05, 0) is 5.56 Å². The average Bonchev–Trinajstić information content (AvgIpc) is 2.34. The van der Waals surface area contributed by atoms with E-state index in [0.717, 1.165) is 5.56 Å². The molecular formula is C12H16O5. The lowest BCUT2D eigenvalue weighted by atomic mass is 10.2. The second-order valence-corrected chi connectivity index (χ2v) is 3.51. The third kappa shape index (κ3) is 6.01. The summed E-state index contributed by atoms with van der Waals surface area (Å²) in [5, 5.41) is 17.4. The smallest absolute Gasteiger partial charge is 0.329 e. The first-order chi connectivity index (χ1) is 8.22. The molecule has 0 saturated heterocycles. The predicted molar refractivity (Wildman–Crippen MR) is 60.6 cm³/mol. The van der Waals surface area contributed by atoms with Crippen molar-refractivity contribution in [2.45, 2.75) is 12.7 Å². The number of ether oxygens (including phenoxy) is 2. The quantitative estimate of drug-likeness (QED) is 0.698. The molecule has 2 N–H and O–H groups in total. The van der Waals surface area contributed by atoms with Crippen molar-refractivity contribution in [1.29, 1.82) is 0 Å². The molecular weight excluding hydrogens is 224 g/mol. The number of aliphatic hydroxyl groups is 1. The van der Waals surface area contributed by atoms with E-state index in [1.54, 1.807) is 0 Å². The third-order valence-electron chi connectivity index (χ3n) is 2.06. The number of carboxylic acid groups (broad SMARTS) is 1. The molecule has 0 spiro atoms. The molecule has 0 fully saturated rings. The minimum Gasteiger partial charge on any atom is -0.480 e. The van der Waals surface area contributed by atoms with E-state index in [0.29, 0.717) is 6.61 Å². The van der Waals surface area contributed by atoms with Gasteiger partial charge in [0.1, 0.15) is 12.7 Å². The Morgan fingerprint density at radius 2 is 2.00 bits per heavy atom. The largest absolute Gasteiger partial charge is 0.480 e. The molecule has 94 valence electrons. The molecule has 0 saturated carbocycles. The van der Waals surface area contributed by atoms with Gasteiger partial charge in [0.15, 0.2) is 0 Å². The Hall–Kier alpha value is -1.43. The van der Waals surface area contributed by atoms with Crippen LogP contribution in [0.2, 0.25) is 0 Å². The summed E-state index contributed by atoms with van der Waals surface area (Å²) in [5.41, 5.74) is 1.02. The molecule has 1 atom stereocenters. The lowest BCUT2D eigenvalue weighted by molar-refractivity contribution is -0.147. The van der Waals surface area contributed by atoms with Gasteiger partial charge in [-0.1, -0.05) is 30.3 Å². The molecule has 0 heterocycles. The maximum atomic E-state index is 10.3. The molecule has 1 unspecified atom stereocenters. The number of rotatable bonds is 8. The van der Waals surface area contributed by atoms with Crippen molar-refractivity contribution in [3.8, 4) is 0 Å². The van der Waals surface area contributed by atoms with Gasteiger partial charge in [0.25, 0.3) is 0 Å². The Kier molecular flexibility index (Phi) is 6.24. The van der Waals surface area contributed by atoms with Crippen molar-refractivity contribution < 1.29 is 24.5 Å². The van der Waals surface area contributed by atoms with E-state index >= 15 is 0 Å². The van der Waals surface area contributed by atoms with Gasteiger partial charge in [0.2, 0.25) is 0 Å². The van der Waals surface area contributed by atoms with Crippen LogP contribution in [0, 0.1) is 0 Å². The van der Waals surface area contributed by atoms with E-state index in [1.807, 2.05) is 30.3 Å².